The van der Waals surface area contributed by atoms with Gasteiger partial charge in [-0.05, 0) is 25.0 Å². The quantitative estimate of drug-likeness (QED) is 0.804. The van der Waals surface area contributed by atoms with Crippen molar-refractivity contribution in [2.24, 2.45) is 5.92 Å². The molecule has 1 saturated heterocycles. The van der Waals surface area contributed by atoms with Crippen molar-refractivity contribution in [2.75, 3.05) is 25.9 Å². The Labute approximate surface area is 121 Å². The third-order valence-corrected chi connectivity index (χ3v) is 3.73. The summed E-state index contributed by atoms with van der Waals surface area (Å²) in [5, 5.41) is 2.56. The van der Waals surface area contributed by atoms with Crippen molar-refractivity contribution in [3.05, 3.63) is 29.3 Å². The molecule has 7 heteroatoms. The molecule has 114 valence electrons. The van der Waals surface area contributed by atoms with Gasteiger partial charge in [0.2, 0.25) is 5.91 Å². The second kappa shape index (κ2) is 6.07. The first-order valence-electron chi connectivity index (χ1n) is 6.70. The van der Waals surface area contributed by atoms with Gasteiger partial charge in [0, 0.05) is 26.1 Å². The molecule has 1 aromatic rings. The number of halogens is 2. The van der Waals surface area contributed by atoms with Gasteiger partial charge in [0.25, 0.3) is 5.91 Å². The minimum absolute atomic E-state index is 0.0802. The molecule has 0 radical (unpaired) electrons. The maximum atomic E-state index is 13.9. The molecule has 3 N–H and O–H groups in total. The monoisotopic (exact) mass is 297 g/mol. The predicted octanol–water partition coefficient (Wildman–Crippen LogP) is 1.15. The van der Waals surface area contributed by atoms with Crippen molar-refractivity contribution in [3.8, 4) is 0 Å². The Morgan fingerprint density at radius 1 is 1.29 bits per heavy atom. The number of benzene rings is 1. The molecule has 0 saturated carbocycles. The molecular formula is C14H17F2N3O2. The highest BCUT2D eigenvalue weighted by atomic mass is 19.1. The number of nitrogens with two attached hydrogens (primary N) is 1. The number of nitrogen functional groups attached to an aromatic ring is 1. The molecule has 1 aliphatic rings. The molecule has 2 amide bonds. The summed E-state index contributed by atoms with van der Waals surface area (Å²) in [4.78, 5) is 25.1. The number of nitrogens with one attached hydrogen (secondary N) is 1. The fourth-order valence-electron chi connectivity index (χ4n) is 2.47. The van der Waals surface area contributed by atoms with Crippen LogP contribution in [0.3, 0.4) is 0 Å². The molecule has 21 heavy (non-hydrogen) atoms. The van der Waals surface area contributed by atoms with Gasteiger partial charge in [-0.15, -0.1) is 0 Å². The highest BCUT2D eigenvalue weighted by molar-refractivity contribution is 5.96. The molecule has 0 aliphatic carbocycles. The molecule has 0 atom stereocenters. The second-order valence-corrected chi connectivity index (χ2v) is 5.01. The smallest absolute Gasteiger partial charge is 0.259 e. The lowest BCUT2D eigenvalue weighted by Gasteiger charge is -2.31. The number of hydrogen-bond acceptors (Lipinski definition) is 3. The van der Waals surface area contributed by atoms with Crippen LogP contribution in [-0.4, -0.2) is 36.9 Å². The fraction of sp³-hybridized carbons (Fsp3) is 0.429. The Kier molecular flexibility index (Phi) is 4.40. The molecule has 0 aromatic heterocycles. The average Bonchev–Trinajstić information content (AvgIpc) is 2.50. The van der Waals surface area contributed by atoms with Crippen LogP contribution in [0, 0.1) is 17.6 Å². The van der Waals surface area contributed by atoms with Crippen molar-refractivity contribution in [3.63, 3.8) is 0 Å². The van der Waals surface area contributed by atoms with E-state index in [1.54, 1.807) is 7.05 Å². The number of carbonyl (C=O) groups excluding carboxylic acids is 2. The van der Waals surface area contributed by atoms with Crippen molar-refractivity contribution in [2.45, 2.75) is 12.8 Å². The predicted molar refractivity (Wildman–Crippen MR) is 73.5 cm³/mol. The lowest BCUT2D eigenvalue weighted by molar-refractivity contribution is -0.125. The number of amides is 2. The van der Waals surface area contributed by atoms with Crippen LogP contribution in [0.25, 0.3) is 0 Å². The molecule has 1 aliphatic heterocycles. The number of rotatable bonds is 2. The maximum absolute atomic E-state index is 13.9. The zero-order valence-electron chi connectivity index (χ0n) is 11.7. The first-order valence-corrected chi connectivity index (χ1v) is 6.70. The summed E-state index contributed by atoms with van der Waals surface area (Å²) in [5.41, 5.74) is 4.48. The van der Waals surface area contributed by atoms with E-state index in [0.717, 1.165) is 12.1 Å². The van der Waals surface area contributed by atoms with Crippen LogP contribution in [0.15, 0.2) is 12.1 Å². The van der Waals surface area contributed by atoms with Crippen LogP contribution >= 0.6 is 0 Å². The molecule has 2 rings (SSSR count). The van der Waals surface area contributed by atoms with Gasteiger partial charge >= 0.3 is 0 Å². The lowest BCUT2D eigenvalue weighted by atomic mass is 9.95. The standard InChI is InChI=1S/C14H17F2N3O2/c1-18-13(20)8-4-6-19(7-5-8)14(21)11-9(15)2-3-10(17)12(11)16/h2-3,8H,4-7,17H2,1H3,(H,18,20). The van der Waals surface area contributed by atoms with Crippen molar-refractivity contribution >= 4 is 17.5 Å². The normalized spacial score (nSPS) is 15.9. The molecule has 0 spiro atoms. The Morgan fingerprint density at radius 2 is 1.90 bits per heavy atom. The van der Waals surface area contributed by atoms with Crippen LogP contribution in [0.5, 0.6) is 0 Å². The van der Waals surface area contributed by atoms with Crippen LogP contribution < -0.4 is 11.1 Å². The van der Waals surface area contributed by atoms with E-state index in [-0.39, 0.29) is 30.6 Å². The van der Waals surface area contributed by atoms with E-state index >= 15 is 0 Å². The zero-order chi connectivity index (χ0) is 15.6. The topological polar surface area (TPSA) is 75.4 Å². The van der Waals surface area contributed by atoms with Crippen LogP contribution in [0.2, 0.25) is 0 Å². The third kappa shape index (κ3) is 2.96. The number of carbonyl (C=O) groups is 2. The summed E-state index contributed by atoms with van der Waals surface area (Å²) in [7, 11) is 1.55. The van der Waals surface area contributed by atoms with Crippen LogP contribution in [0.1, 0.15) is 23.2 Å². The Balaban J connectivity index is 2.13. The molecule has 1 heterocycles. The average molecular weight is 297 g/mol. The summed E-state index contributed by atoms with van der Waals surface area (Å²) >= 11 is 0. The second-order valence-electron chi connectivity index (χ2n) is 5.01. The van der Waals surface area contributed by atoms with Crippen LogP contribution in [0.4, 0.5) is 14.5 Å². The molecule has 0 bridgehead atoms. The minimum Gasteiger partial charge on any atom is -0.396 e. The summed E-state index contributed by atoms with van der Waals surface area (Å²) in [6.07, 6.45) is 0.938. The van der Waals surface area contributed by atoms with E-state index < -0.39 is 23.1 Å². The maximum Gasteiger partial charge on any atom is 0.259 e. The number of piperidine rings is 1. The Morgan fingerprint density at radius 3 is 2.48 bits per heavy atom. The minimum atomic E-state index is -1.03. The number of hydrogen-bond donors (Lipinski definition) is 2. The molecule has 1 aromatic carbocycles. The summed E-state index contributed by atoms with van der Waals surface area (Å²) in [5.74, 6) is -2.95. The third-order valence-electron chi connectivity index (χ3n) is 3.73. The van der Waals surface area contributed by atoms with E-state index in [1.165, 1.54) is 4.90 Å². The number of nitrogens with zero attached hydrogens (tertiary/aromatic N) is 1. The van der Waals surface area contributed by atoms with Crippen molar-refractivity contribution < 1.29 is 18.4 Å². The largest absolute Gasteiger partial charge is 0.396 e. The summed E-state index contributed by atoms with van der Waals surface area (Å²) < 4.78 is 27.5. The summed E-state index contributed by atoms with van der Waals surface area (Å²) in [6, 6.07) is 2.06. The molecule has 0 unspecified atom stereocenters. The van der Waals surface area contributed by atoms with Crippen molar-refractivity contribution in [1.29, 1.82) is 0 Å². The summed E-state index contributed by atoms with van der Waals surface area (Å²) in [6.45, 7) is 0.565. The van der Waals surface area contributed by atoms with E-state index in [0.29, 0.717) is 12.8 Å². The van der Waals surface area contributed by atoms with Crippen molar-refractivity contribution in [1.82, 2.24) is 10.2 Å². The van der Waals surface area contributed by atoms with Crippen LogP contribution in [-0.2, 0) is 4.79 Å². The van der Waals surface area contributed by atoms with Gasteiger partial charge < -0.3 is 16.0 Å². The van der Waals surface area contributed by atoms with Gasteiger partial charge in [-0.2, -0.15) is 0 Å². The van der Waals surface area contributed by atoms with E-state index in [9.17, 15) is 18.4 Å². The van der Waals surface area contributed by atoms with E-state index in [1.807, 2.05) is 0 Å². The fourth-order valence-corrected chi connectivity index (χ4v) is 2.47. The molecule has 1 fully saturated rings. The Hall–Kier alpha value is -2.18. The van der Waals surface area contributed by atoms with Gasteiger partial charge in [0.15, 0.2) is 5.82 Å². The van der Waals surface area contributed by atoms with E-state index in [2.05, 4.69) is 5.32 Å². The first kappa shape index (κ1) is 15.2. The van der Waals surface area contributed by atoms with Gasteiger partial charge in [0.1, 0.15) is 11.4 Å². The highest BCUT2D eigenvalue weighted by Crippen LogP contribution is 2.23. The number of likely N-dealkylation sites (tertiary alicyclic amines) is 1. The Bertz CT molecular complexity index is 570. The highest BCUT2D eigenvalue weighted by Gasteiger charge is 2.30. The SMILES string of the molecule is CNC(=O)C1CCN(C(=O)c2c(F)ccc(N)c2F)CC1. The van der Waals surface area contributed by atoms with Gasteiger partial charge in [-0.1, -0.05) is 0 Å². The van der Waals surface area contributed by atoms with Gasteiger partial charge in [-0.25, -0.2) is 8.78 Å². The number of anilines is 1. The zero-order valence-corrected chi connectivity index (χ0v) is 11.7. The molecular weight excluding hydrogens is 280 g/mol. The van der Waals surface area contributed by atoms with E-state index in [4.69, 9.17) is 5.73 Å². The van der Waals surface area contributed by atoms with Gasteiger partial charge in [-0.3, -0.25) is 9.59 Å². The van der Waals surface area contributed by atoms with Gasteiger partial charge in [0.05, 0.1) is 5.69 Å². The first-order chi connectivity index (χ1) is 9.95. The lowest BCUT2D eigenvalue weighted by Crippen LogP contribution is -2.42. The molecule has 5 nitrogen and oxygen atoms in total.